The van der Waals surface area contributed by atoms with Crippen LogP contribution in [0, 0.1) is 0 Å². The van der Waals surface area contributed by atoms with Gasteiger partial charge < -0.3 is 24.4 Å². The number of phenolic OH excluding ortho intramolecular Hbond substituents is 1. The normalized spacial score (nSPS) is 11.7. The van der Waals surface area contributed by atoms with Crippen molar-refractivity contribution in [1.82, 2.24) is 0 Å². The Bertz CT molecular complexity index is 1270. The van der Waals surface area contributed by atoms with Crippen molar-refractivity contribution in [3.05, 3.63) is 131 Å². The lowest BCUT2D eigenvalue weighted by Crippen LogP contribution is -2.10. The van der Waals surface area contributed by atoms with Crippen molar-refractivity contribution in [3.8, 4) is 11.5 Å². The summed E-state index contributed by atoms with van der Waals surface area (Å²) in [6.45, 7) is 2.56. The van der Waals surface area contributed by atoms with Gasteiger partial charge in [0.05, 0.1) is 26.4 Å². The van der Waals surface area contributed by atoms with Gasteiger partial charge in [-0.05, 0) is 64.1 Å². The van der Waals surface area contributed by atoms with Gasteiger partial charge >= 0.3 is 0 Å². The summed E-state index contributed by atoms with van der Waals surface area (Å²) in [6, 6.07) is 35.2. The standard InChI is InChI=1S/C33H34O5/c34-19-18-32(27-10-5-2-6-11-27)33(29-12-7-13-30(35)24-29)28-14-16-31(17-15-28)38-23-22-36-20-21-37-25-26-8-3-1-4-9-26/h1-17,24,34-35H,18-23,25H2/b33-32-. The molecule has 0 atom stereocenters. The molecule has 4 aromatic rings. The van der Waals surface area contributed by atoms with Gasteiger partial charge in [0.15, 0.2) is 0 Å². The van der Waals surface area contributed by atoms with Gasteiger partial charge in [0.1, 0.15) is 18.1 Å². The van der Waals surface area contributed by atoms with E-state index in [1.54, 1.807) is 12.1 Å². The van der Waals surface area contributed by atoms with E-state index in [1.165, 1.54) is 0 Å². The SMILES string of the molecule is OCC/C(=C(\c1ccc(OCCOCCOCc2ccccc2)cc1)c1cccc(O)c1)c1ccccc1. The Kier molecular flexibility index (Phi) is 10.5. The van der Waals surface area contributed by atoms with Crippen LogP contribution in [0.5, 0.6) is 11.5 Å². The molecule has 0 heterocycles. The minimum atomic E-state index is 0.0189. The quantitative estimate of drug-likeness (QED) is 0.153. The van der Waals surface area contributed by atoms with Gasteiger partial charge in [-0.25, -0.2) is 0 Å². The molecule has 0 radical (unpaired) electrons. The summed E-state index contributed by atoms with van der Waals surface area (Å²) in [5.74, 6) is 0.943. The number of phenols is 1. The Labute approximate surface area is 224 Å². The Morgan fingerprint density at radius 1 is 0.605 bits per heavy atom. The summed E-state index contributed by atoms with van der Waals surface area (Å²) in [7, 11) is 0. The van der Waals surface area contributed by atoms with Crippen LogP contribution in [0.3, 0.4) is 0 Å². The first kappa shape index (κ1) is 27.1. The van der Waals surface area contributed by atoms with E-state index >= 15 is 0 Å². The van der Waals surface area contributed by atoms with E-state index in [1.807, 2.05) is 97.1 Å². The number of hydrogen-bond acceptors (Lipinski definition) is 5. The minimum absolute atomic E-state index is 0.0189. The zero-order valence-corrected chi connectivity index (χ0v) is 21.5. The summed E-state index contributed by atoms with van der Waals surface area (Å²) >= 11 is 0. The third-order valence-electron chi connectivity index (χ3n) is 6.04. The fourth-order valence-electron chi connectivity index (χ4n) is 4.26. The molecule has 0 aliphatic rings. The maximum atomic E-state index is 10.2. The average Bonchev–Trinajstić information content (AvgIpc) is 2.96. The van der Waals surface area contributed by atoms with E-state index in [9.17, 15) is 10.2 Å². The number of ether oxygens (including phenoxy) is 3. The first-order valence-electron chi connectivity index (χ1n) is 12.9. The van der Waals surface area contributed by atoms with Crippen LogP contribution in [0.2, 0.25) is 0 Å². The van der Waals surface area contributed by atoms with Crippen molar-refractivity contribution in [1.29, 1.82) is 0 Å². The Hall–Kier alpha value is -3.90. The van der Waals surface area contributed by atoms with Gasteiger partial charge in [-0.1, -0.05) is 84.9 Å². The molecule has 0 aliphatic heterocycles. The molecule has 0 unspecified atom stereocenters. The molecule has 38 heavy (non-hydrogen) atoms. The van der Waals surface area contributed by atoms with Gasteiger partial charge in [-0.15, -0.1) is 0 Å². The third kappa shape index (κ3) is 8.05. The molecular formula is C33H34O5. The van der Waals surface area contributed by atoms with Crippen LogP contribution in [0.4, 0.5) is 0 Å². The summed E-state index contributed by atoms with van der Waals surface area (Å²) in [5.41, 5.74) is 6.01. The summed E-state index contributed by atoms with van der Waals surface area (Å²) < 4.78 is 17.1. The average molecular weight is 511 g/mol. The molecule has 0 saturated heterocycles. The van der Waals surface area contributed by atoms with Crippen molar-refractivity contribution in [2.24, 2.45) is 0 Å². The van der Waals surface area contributed by atoms with Crippen LogP contribution < -0.4 is 4.74 Å². The van der Waals surface area contributed by atoms with Crippen molar-refractivity contribution < 1.29 is 24.4 Å². The van der Waals surface area contributed by atoms with Crippen LogP contribution in [-0.2, 0) is 16.1 Å². The molecule has 0 fully saturated rings. The lowest BCUT2D eigenvalue weighted by atomic mass is 9.88. The van der Waals surface area contributed by atoms with Crippen molar-refractivity contribution in [2.45, 2.75) is 13.0 Å². The van der Waals surface area contributed by atoms with E-state index in [-0.39, 0.29) is 12.4 Å². The van der Waals surface area contributed by atoms with Gasteiger partial charge in [0.2, 0.25) is 0 Å². The molecule has 196 valence electrons. The predicted molar refractivity (Wildman–Crippen MR) is 151 cm³/mol. The highest BCUT2D eigenvalue weighted by Crippen LogP contribution is 2.36. The maximum absolute atomic E-state index is 10.2. The number of rotatable bonds is 14. The predicted octanol–water partition coefficient (Wildman–Crippen LogP) is 6.35. The summed E-state index contributed by atoms with van der Waals surface area (Å²) in [4.78, 5) is 0. The maximum Gasteiger partial charge on any atom is 0.119 e. The Morgan fingerprint density at radius 2 is 1.26 bits per heavy atom. The van der Waals surface area contributed by atoms with Crippen LogP contribution in [0.1, 0.15) is 28.7 Å². The molecule has 0 bridgehead atoms. The molecule has 4 rings (SSSR count). The third-order valence-corrected chi connectivity index (χ3v) is 6.04. The first-order chi connectivity index (χ1) is 18.7. The number of benzene rings is 4. The molecule has 2 N–H and O–H groups in total. The van der Waals surface area contributed by atoms with Crippen LogP contribution >= 0.6 is 0 Å². The Balaban J connectivity index is 1.37. The molecule has 0 saturated carbocycles. The zero-order chi connectivity index (χ0) is 26.4. The molecular weight excluding hydrogens is 476 g/mol. The van der Waals surface area contributed by atoms with E-state index < -0.39 is 0 Å². The minimum Gasteiger partial charge on any atom is -0.508 e. The highest BCUT2D eigenvalue weighted by Gasteiger charge is 2.15. The number of aliphatic hydroxyl groups excluding tert-OH is 1. The van der Waals surface area contributed by atoms with Crippen molar-refractivity contribution in [3.63, 3.8) is 0 Å². The van der Waals surface area contributed by atoms with Crippen LogP contribution in [0.15, 0.2) is 109 Å². The molecule has 0 amide bonds. The van der Waals surface area contributed by atoms with E-state index in [0.717, 1.165) is 39.1 Å². The number of aliphatic hydroxyl groups is 1. The van der Waals surface area contributed by atoms with Gasteiger partial charge in [0.25, 0.3) is 0 Å². The highest BCUT2D eigenvalue weighted by molar-refractivity contribution is 5.98. The fraction of sp³-hybridized carbons (Fsp3) is 0.212. The first-order valence-corrected chi connectivity index (χ1v) is 12.9. The molecule has 4 aromatic carbocycles. The second-order valence-electron chi connectivity index (χ2n) is 8.77. The molecule has 0 spiro atoms. The van der Waals surface area contributed by atoms with Crippen LogP contribution in [-0.4, -0.2) is 43.2 Å². The number of hydrogen-bond donors (Lipinski definition) is 2. The van der Waals surface area contributed by atoms with Crippen LogP contribution in [0.25, 0.3) is 11.1 Å². The highest BCUT2D eigenvalue weighted by atomic mass is 16.5. The van der Waals surface area contributed by atoms with E-state index in [4.69, 9.17) is 14.2 Å². The van der Waals surface area contributed by atoms with Gasteiger partial charge in [-0.2, -0.15) is 0 Å². The second kappa shape index (κ2) is 14.7. The molecule has 5 nitrogen and oxygen atoms in total. The molecule has 5 heteroatoms. The largest absolute Gasteiger partial charge is 0.508 e. The van der Waals surface area contributed by atoms with Crippen molar-refractivity contribution in [2.75, 3.05) is 33.0 Å². The zero-order valence-electron chi connectivity index (χ0n) is 21.5. The fourth-order valence-corrected chi connectivity index (χ4v) is 4.26. The molecule has 0 aliphatic carbocycles. The van der Waals surface area contributed by atoms with E-state index in [2.05, 4.69) is 0 Å². The van der Waals surface area contributed by atoms with Gasteiger partial charge in [-0.3, -0.25) is 0 Å². The lowest BCUT2D eigenvalue weighted by Gasteiger charge is -2.17. The van der Waals surface area contributed by atoms with Crippen molar-refractivity contribution >= 4 is 11.1 Å². The van der Waals surface area contributed by atoms with Gasteiger partial charge in [0, 0.05) is 6.61 Å². The summed E-state index contributed by atoms with van der Waals surface area (Å²) in [5, 5.41) is 20.0. The smallest absolute Gasteiger partial charge is 0.119 e. The monoisotopic (exact) mass is 510 g/mol. The number of aromatic hydroxyl groups is 1. The Morgan fingerprint density at radius 3 is 1.97 bits per heavy atom. The molecule has 0 aromatic heterocycles. The summed E-state index contributed by atoms with van der Waals surface area (Å²) in [6.07, 6.45) is 0.486. The second-order valence-corrected chi connectivity index (χ2v) is 8.77. The lowest BCUT2D eigenvalue weighted by molar-refractivity contribution is 0.0303. The van der Waals surface area contributed by atoms with E-state index in [0.29, 0.717) is 39.5 Å². The topological polar surface area (TPSA) is 68.2 Å².